The zero-order valence-electron chi connectivity index (χ0n) is 20.9. The number of carbonyl (C=O) groups is 3. The number of nitrogens with zero attached hydrogens (tertiary/aromatic N) is 3. The molecule has 2 heterocycles. The predicted octanol–water partition coefficient (Wildman–Crippen LogP) is 4.42. The molecule has 0 spiro atoms. The van der Waals surface area contributed by atoms with E-state index in [-0.39, 0.29) is 36.3 Å². The summed E-state index contributed by atoms with van der Waals surface area (Å²) in [5.74, 6) is 0.0257. The molecule has 0 fully saturated rings. The first-order valence-corrected chi connectivity index (χ1v) is 13.4. The van der Waals surface area contributed by atoms with Crippen LogP contribution in [0.15, 0.2) is 88.8 Å². The third-order valence-corrected chi connectivity index (χ3v) is 7.22. The molecule has 9 heteroatoms. The summed E-state index contributed by atoms with van der Waals surface area (Å²) < 4.78 is 0. The third-order valence-electron chi connectivity index (χ3n) is 6.28. The lowest BCUT2D eigenvalue weighted by atomic mass is 10.1. The molecule has 0 aliphatic carbocycles. The molecule has 0 aromatic heterocycles. The van der Waals surface area contributed by atoms with Crippen molar-refractivity contribution in [3.8, 4) is 0 Å². The molecule has 2 aliphatic heterocycles. The van der Waals surface area contributed by atoms with Gasteiger partial charge in [-0.3, -0.25) is 19.4 Å². The van der Waals surface area contributed by atoms with Crippen LogP contribution in [-0.2, 0) is 20.9 Å². The van der Waals surface area contributed by atoms with E-state index in [4.69, 9.17) is 4.99 Å². The Labute approximate surface area is 225 Å². The maximum Gasteiger partial charge on any atom is 0.259 e. The molecule has 0 saturated heterocycles. The number of hydrogen-bond acceptors (Lipinski definition) is 6. The highest BCUT2D eigenvalue weighted by atomic mass is 32.2. The molecule has 0 unspecified atom stereocenters. The number of aliphatic imine (C=N–C) groups is 2. The minimum atomic E-state index is -0.690. The lowest BCUT2D eigenvalue weighted by molar-refractivity contribution is -0.125. The summed E-state index contributed by atoms with van der Waals surface area (Å²) in [4.78, 5) is 49.4. The molecule has 0 bridgehead atoms. The highest BCUT2D eigenvalue weighted by Crippen LogP contribution is 2.34. The average molecular weight is 526 g/mol. The second-order valence-corrected chi connectivity index (χ2v) is 9.95. The maximum atomic E-state index is 13.4. The number of nitrogens with one attached hydrogen (secondary N) is 2. The second kappa shape index (κ2) is 11.4. The van der Waals surface area contributed by atoms with E-state index in [1.54, 1.807) is 0 Å². The van der Waals surface area contributed by atoms with Crippen molar-refractivity contribution in [1.82, 2.24) is 10.2 Å². The van der Waals surface area contributed by atoms with Gasteiger partial charge in [0.25, 0.3) is 5.91 Å². The highest BCUT2D eigenvalue weighted by Gasteiger charge is 2.41. The van der Waals surface area contributed by atoms with Gasteiger partial charge in [0, 0.05) is 24.2 Å². The van der Waals surface area contributed by atoms with E-state index in [2.05, 4.69) is 15.6 Å². The number of hydrogen-bond donors (Lipinski definition) is 2. The number of thioether (sulfide) groups is 1. The summed E-state index contributed by atoms with van der Waals surface area (Å²) in [5, 5.41) is 6.22. The number of amidine groups is 2. The number of rotatable bonds is 8. The largest absolute Gasteiger partial charge is 0.352 e. The standard InChI is InChI=1S/C29H27N5O3S/c1-19-9-5-7-13-22(19)31-26(36)18-38-29-33-23-14-8-6-12-21(23)27-32-24(28(37)34(27)29)15-16-25(35)30-17-20-10-3-2-4-11-20/h2-14,24H,15-18H2,1H3,(H,30,35)(H,31,36)/t24-/m0/s1. The van der Waals surface area contributed by atoms with Crippen molar-refractivity contribution in [2.24, 2.45) is 9.98 Å². The van der Waals surface area contributed by atoms with E-state index in [0.29, 0.717) is 23.2 Å². The fraction of sp³-hybridized carbons (Fsp3) is 0.207. The predicted molar refractivity (Wildman–Crippen MR) is 150 cm³/mol. The first kappa shape index (κ1) is 25.4. The Morgan fingerprint density at radius 2 is 1.68 bits per heavy atom. The molecule has 2 N–H and O–H groups in total. The number of anilines is 1. The number of aryl methyl sites for hydroxylation is 1. The fourth-order valence-electron chi connectivity index (χ4n) is 4.27. The van der Waals surface area contributed by atoms with Gasteiger partial charge in [0.05, 0.1) is 11.4 Å². The molecule has 0 radical (unpaired) electrons. The van der Waals surface area contributed by atoms with Crippen molar-refractivity contribution in [3.05, 3.63) is 95.6 Å². The molecule has 0 saturated carbocycles. The molecule has 38 heavy (non-hydrogen) atoms. The minimum Gasteiger partial charge on any atom is -0.352 e. The Morgan fingerprint density at radius 1 is 0.947 bits per heavy atom. The molecular weight excluding hydrogens is 498 g/mol. The maximum absolute atomic E-state index is 13.4. The van der Waals surface area contributed by atoms with Crippen molar-refractivity contribution >= 4 is 51.9 Å². The summed E-state index contributed by atoms with van der Waals surface area (Å²) in [6, 6.07) is 24.0. The van der Waals surface area contributed by atoms with Crippen LogP contribution in [0, 0.1) is 6.92 Å². The Kier molecular flexibility index (Phi) is 7.65. The van der Waals surface area contributed by atoms with Crippen LogP contribution >= 0.6 is 11.8 Å². The van der Waals surface area contributed by atoms with Gasteiger partial charge in [-0.05, 0) is 42.7 Å². The molecule has 5 rings (SSSR count). The van der Waals surface area contributed by atoms with Gasteiger partial charge in [-0.2, -0.15) is 0 Å². The van der Waals surface area contributed by atoms with Crippen LogP contribution in [-0.4, -0.2) is 45.4 Å². The van der Waals surface area contributed by atoms with Gasteiger partial charge in [-0.25, -0.2) is 9.89 Å². The van der Waals surface area contributed by atoms with Gasteiger partial charge in [0.1, 0.15) is 11.9 Å². The van der Waals surface area contributed by atoms with Crippen molar-refractivity contribution in [3.63, 3.8) is 0 Å². The van der Waals surface area contributed by atoms with E-state index >= 15 is 0 Å². The Morgan fingerprint density at radius 3 is 2.50 bits per heavy atom. The SMILES string of the molecule is Cc1ccccc1NC(=O)CSC1=Nc2ccccc2C2=N[C@@H](CCC(=O)NCc3ccccc3)C(=O)N12. The number of benzene rings is 3. The Hall–Kier alpha value is -4.24. The van der Waals surface area contributed by atoms with Gasteiger partial charge < -0.3 is 10.6 Å². The van der Waals surface area contributed by atoms with Gasteiger partial charge in [0.15, 0.2) is 5.17 Å². The summed E-state index contributed by atoms with van der Waals surface area (Å²) >= 11 is 1.19. The Bertz CT molecular complexity index is 1440. The van der Waals surface area contributed by atoms with Crippen LogP contribution in [0.5, 0.6) is 0 Å². The minimum absolute atomic E-state index is 0.0823. The van der Waals surface area contributed by atoms with Gasteiger partial charge in [0.2, 0.25) is 11.8 Å². The van der Waals surface area contributed by atoms with Crippen LogP contribution in [0.2, 0.25) is 0 Å². The van der Waals surface area contributed by atoms with Gasteiger partial charge in [-0.1, -0.05) is 72.4 Å². The van der Waals surface area contributed by atoms with E-state index in [0.717, 1.165) is 22.4 Å². The molecule has 8 nitrogen and oxygen atoms in total. The summed E-state index contributed by atoms with van der Waals surface area (Å²) in [6.07, 6.45) is 0.460. The summed E-state index contributed by atoms with van der Waals surface area (Å²) in [6.45, 7) is 2.36. The lowest BCUT2D eigenvalue weighted by Crippen LogP contribution is -2.41. The average Bonchev–Trinajstić information content (AvgIpc) is 3.27. The number of amides is 3. The van der Waals surface area contributed by atoms with Gasteiger partial charge >= 0.3 is 0 Å². The number of fused-ring (bicyclic) bond motifs is 3. The smallest absolute Gasteiger partial charge is 0.259 e. The van der Waals surface area contributed by atoms with Crippen LogP contribution < -0.4 is 10.6 Å². The quantitative estimate of drug-likeness (QED) is 0.454. The first-order valence-electron chi connectivity index (χ1n) is 12.4. The second-order valence-electron chi connectivity index (χ2n) is 9.01. The van der Waals surface area contributed by atoms with Crippen molar-refractivity contribution in [2.45, 2.75) is 32.4 Å². The molecule has 3 amide bonds. The molecule has 192 valence electrons. The number of para-hydroxylation sites is 2. The van der Waals surface area contributed by atoms with E-state index in [9.17, 15) is 14.4 Å². The summed E-state index contributed by atoms with van der Waals surface area (Å²) in [5.41, 5.74) is 4.17. The lowest BCUT2D eigenvalue weighted by Gasteiger charge is -2.25. The number of carbonyl (C=O) groups excluding carboxylic acids is 3. The van der Waals surface area contributed by atoms with Crippen LogP contribution in [0.25, 0.3) is 0 Å². The fourth-order valence-corrected chi connectivity index (χ4v) is 5.07. The zero-order valence-corrected chi connectivity index (χ0v) is 21.7. The molecule has 3 aromatic carbocycles. The van der Waals surface area contributed by atoms with Gasteiger partial charge in [-0.15, -0.1) is 0 Å². The van der Waals surface area contributed by atoms with Crippen LogP contribution in [0.3, 0.4) is 0 Å². The van der Waals surface area contributed by atoms with E-state index < -0.39 is 6.04 Å². The first-order chi connectivity index (χ1) is 18.5. The van der Waals surface area contributed by atoms with E-state index in [1.165, 1.54) is 16.7 Å². The Balaban J connectivity index is 1.25. The normalized spacial score (nSPS) is 15.8. The van der Waals surface area contributed by atoms with Crippen LogP contribution in [0.1, 0.15) is 29.5 Å². The van der Waals surface area contributed by atoms with Crippen molar-refractivity contribution in [2.75, 3.05) is 11.1 Å². The highest BCUT2D eigenvalue weighted by molar-refractivity contribution is 8.14. The topological polar surface area (TPSA) is 103 Å². The van der Waals surface area contributed by atoms with Crippen molar-refractivity contribution < 1.29 is 14.4 Å². The van der Waals surface area contributed by atoms with Crippen molar-refractivity contribution in [1.29, 1.82) is 0 Å². The molecular formula is C29H27N5O3S. The molecule has 3 aromatic rings. The molecule has 1 atom stereocenters. The monoisotopic (exact) mass is 525 g/mol. The van der Waals surface area contributed by atoms with Crippen LogP contribution in [0.4, 0.5) is 11.4 Å². The summed E-state index contributed by atoms with van der Waals surface area (Å²) in [7, 11) is 0. The zero-order chi connectivity index (χ0) is 26.5. The third kappa shape index (κ3) is 5.68. The molecule has 2 aliphatic rings. The van der Waals surface area contributed by atoms with E-state index in [1.807, 2.05) is 85.8 Å².